The van der Waals surface area contributed by atoms with Gasteiger partial charge in [-0.05, 0) is 50.6 Å². The normalized spacial score (nSPS) is 14.9. The second-order valence-electron chi connectivity index (χ2n) is 6.27. The Hall–Kier alpha value is -2.14. The Bertz CT molecular complexity index is 616. The lowest BCUT2D eigenvalue weighted by Crippen LogP contribution is -2.19. The number of hydrogen-bond donors (Lipinski definition) is 0. The minimum atomic E-state index is -0.152. The fourth-order valence-corrected chi connectivity index (χ4v) is 2.69. The zero-order chi connectivity index (χ0) is 16.9. The monoisotopic (exact) mass is 310 g/mol. The molecule has 1 aromatic rings. The van der Waals surface area contributed by atoms with Gasteiger partial charge in [0.15, 0.2) is 5.75 Å². The van der Waals surface area contributed by atoms with Crippen LogP contribution in [0.15, 0.2) is 47.3 Å². The molecule has 1 aliphatic rings. The summed E-state index contributed by atoms with van der Waals surface area (Å²) in [5, 5.41) is 0. The van der Waals surface area contributed by atoms with Crippen LogP contribution in [0.1, 0.15) is 46.6 Å². The van der Waals surface area contributed by atoms with E-state index in [1.807, 2.05) is 19.9 Å². The first-order valence-corrected chi connectivity index (χ1v) is 8.26. The Morgan fingerprint density at radius 2 is 1.78 bits per heavy atom. The van der Waals surface area contributed by atoms with Gasteiger partial charge in [-0.1, -0.05) is 37.6 Å². The van der Waals surface area contributed by atoms with Gasteiger partial charge in [0.2, 0.25) is 0 Å². The van der Waals surface area contributed by atoms with Gasteiger partial charge in [-0.15, -0.1) is 0 Å². The SMILES string of the molecule is CCOC1=CC=C(C(C)(C)c2c#cc(OCC)cc2)C=C(C)C1. The van der Waals surface area contributed by atoms with Crippen LogP contribution in [0, 0.1) is 12.1 Å². The molecule has 0 fully saturated rings. The van der Waals surface area contributed by atoms with Crippen molar-refractivity contribution >= 4 is 0 Å². The van der Waals surface area contributed by atoms with Gasteiger partial charge in [0, 0.05) is 17.4 Å². The maximum atomic E-state index is 5.69. The molecule has 122 valence electrons. The summed E-state index contributed by atoms with van der Waals surface area (Å²) < 4.78 is 11.1. The van der Waals surface area contributed by atoms with Gasteiger partial charge < -0.3 is 9.47 Å². The van der Waals surface area contributed by atoms with Gasteiger partial charge in [0.05, 0.1) is 19.0 Å². The predicted molar refractivity (Wildman–Crippen MR) is 94.5 cm³/mol. The molecule has 0 saturated heterocycles. The van der Waals surface area contributed by atoms with Crippen molar-refractivity contribution < 1.29 is 9.47 Å². The van der Waals surface area contributed by atoms with Gasteiger partial charge >= 0.3 is 0 Å². The quantitative estimate of drug-likeness (QED) is 0.722. The summed E-state index contributed by atoms with van der Waals surface area (Å²) in [5.41, 5.74) is 3.50. The fourth-order valence-electron chi connectivity index (χ4n) is 2.69. The van der Waals surface area contributed by atoms with Crippen LogP contribution in [-0.2, 0) is 10.2 Å². The molecule has 1 aromatic carbocycles. The molecule has 2 rings (SSSR count). The molecule has 0 unspecified atom stereocenters. The maximum Gasteiger partial charge on any atom is 0.170 e. The predicted octanol–water partition coefficient (Wildman–Crippen LogP) is 5.16. The fraction of sp³-hybridized carbons (Fsp3) is 0.429. The van der Waals surface area contributed by atoms with E-state index in [1.54, 1.807) is 0 Å². The molecule has 0 saturated carbocycles. The molecule has 0 aliphatic heterocycles. The summed E-state index contributed by atoms with van der Waals surface area (Å²) in [7, 11) is 0. The lowest BCUT2D eigenvalue weighted by Gasteiger charge is -2.25. The first-order chi connectivity index (χ1) is 11.0. The van der Waals surface area contributed by atoms with Crippen LogP contribution in [0.3, 0.4) is 0 Å². The van der Waals surface area contributed by atoms with Crippen LogP contribution in [0.5, 0.6) is 5.75 Å². The van der Waals surface area contributed by atoms with Gasteiger partial charge in [-0.2, -0.15) is 0 Å². The van der Waals surface area contributed by atoms with Crippen LogP contribution in [0.25, 0.3) is 0 Å². The molecular formula is C21H26O2. The zero-order valence-corrected chi connectivity index (χ0v) is 14.8. The first-order valence-electron chi connectivity index (χ1n) is 8.26. The molecular weight excluding hydrogens is 284 g/mol. The molecule has 0 amide bonds. The van der Waals surface area contributed by atoms with Crippen molar-refractivity contribution in [1.29, 1.82) is 0 Å². The molecule has 0 heterocycles. The molecule has 0 spiro atoms. The van der Waals surface area contributed by atoms with Crippen molar-refractivity contribution in [2.75, 3.05) is 13.2 Å². The summed E-state index contributed by atoms with van der Waals surface area (Å²) in [6.45, 7) is 11.9. The van der Waals surface area contributed by atoms with E-state index in [2.05, 4.69) is 57.2 Å². The summed E-state index contributed by atoms with van der Waals surface area (Å²) in [6.07, 6.45) is 7.37. The number of ether oxygens (including phenoxy) is 2. The highest BCUT2D eigenvalue weighted by Crippen LogP contribution is 2.34. The Morgan fingerprint density at radius 1 is 1.04 bits per heavy atom. The number of rotatable bonds is 6. The summed E-state index contributed by atoms with van der Waals surface area (Å²) in [4.78, 5) is 0. The molecule has 1 aliphatic carbocycles. The second-order valence-corrected chi connectivity index (χ2v) is 6.27. The lowest BCUT2D eigenvalue weighted by molar-refractivity contribution is 0.223. The van der Waals surface area contributed by atoms with Crippen LogP contribution in [0.2, 0.25) is 0 Å². The van der Waals surface area contributed by atoms with E-state index in [0.717, 1.165) is 23.5 Å². The molecule has 0 radical (unpaired) electrons. The molecule has 0 aromatic heterocycles. The third kappa shape index (κ3) is 4.20. The minimum absolute atomic E-state index is 0.152. The summed E-state index contributed by atoms with van der Waals surface area (Å²) in [6, 6.07) is 10.4. The third-order valence-electron chi connectivity index (χ3n) is 4.05. The highest BCUT2D eigenvalue weighted by Gasteiger charge is 2.25. The highest BCUT2D eigenvalue weighted by molar-refractivity contribution is 5.44. The Morgan fingerprint density at radius 3 is 2.39 bits per heavy atom. The molecule has 0 atom stereocenters. The van der Waals surface area contributed by atoms with E-state index in [-0.39, 0.29) is 5.41 Å². The average molecular weight is 310 g/mol. The van der Waals surface area contributed by atoms with Crippen LogP contribution in [0.4, 0.5) is 0 Å². The summed E-state index contributed by atoms with van der Waals surface area (Å²) in [5.74, 6) is 1.77. The van der Waals surface area contributed by atoms with Crippen molar-refractivity contribution in [2.45, 2.75) is 46.5 Å². The minimum Gasteiger partial charge on any atom is -0.498 e. The second kappa shape index (κ2) is 7.42. The highest BCUT2D eigenvalue weighted by atomic mass is 16.5. The third-order valence-corrected chi connectivity index (χ3v) is 4.05. The Labute approximate surface area is 140 Å². The van der Waals surface area contributed by atoms with Gasteiger partial charge in [0.25, 0.3) is 0 Å². The van der Waals surface area contributed by atoms with Gasteiger partial charge in [0.1, 0.15) is 0 Å². The van der Waals surface area contributed by atoms with Crippen LogP contribution < -0.4 is 4.74 Å². The lowest BCUT2D eigenvalue weighted by atomic mass is 9.77. The molecule has 23 heavy (non-hydrogen) atoms. The van der Waals surface area contributed by atoms with Crippen LogP contribution in [-0.4, -0.2) is 13.2 Å². The molecule has 2 nitrogen and oxygen atoms in total. The van der Waals surface area contributed by atoms with E-state index in [4.69, 9.17) is 9.47 Å². The molecule has 2 heteroatoms. The van der Waals surface area contributed by atoms with Crippen LogP contribution >= 0.6 is 0 Å². The standard InChI is InChI=1S/C21H26O2/c1-6-22-19-11-8-17(9-12-19)21(4,5)18-10-13-20(23-7-2)15-16(3)14-18/h8,10-11,13-14H,6-7,15H2,1-5H3. The van der Waals surface area contributed by atoms with E-state index < -0.39 is 0 Å². The average Bonchev–Trinajstić information content (AvgIpc) is 2.70. The number of hydrogen-bond acceptors (Lipinski definition) is 2. The molecule has 0 bridgehead atoms. The van der Waals surface area contributed by atoms with Crippen molar-refractivity contribution in [3.05, 3.63) is 65.0 Å². The largest absolute Gasteiger partial charge is 0.498 e. The number of allylic oxidation sites excluding steroid dienone is 5. The van der Waals surface area contributed by atoms with E-state index in [9.17, 15) is 0 Å². The smallest absolute Gasteiger partial charge is 0.170 e. The van der Waals surface area contributed by atoms with Crippen molar-refractivity contribution in [3.8, 4) is 5.75 Å². The van der Waals surface area contributed by atoms with Crippen molar-refractivity contribution in [1.82, 2.24) is 0 Å². The van der Waals surface area contributed by atoms with Gasteiger partial charge in [-0.25, -0.2) is 0 Å². The maximum absolute atomic E-state index is 5.69. The van der Waals surface area contributed by atoms with Crippen molar-refractivity contribution in [2.24, 2.45) is 0 Å². The zero-order valence-electron chi connectivity index (χ0n) is 14.8. The van der Waals surface area contributed by atoms with Gasteiger partial charge in [-0.3, -0.25) is 0 Å². The van der Waals surface area contributed by atoms with E-state index in [0.29, 0.717) is 13.2 Å². The van der Waals surface area contributed by atoms with E-state index in [1.165, 1.54) is 11.1 Å². The topological polar surface area (TPSA) is 18.5 Å². The van der Waals surface area contributed by atoms with E-state index >= 15 is 0 Å². The Kier molecular flexibility index (Phi) is 5.55. The Balaban J connectivity index is 2.31. The first kappa shape index (κ1) is 17.2. The van der Waals surface area contributed by atoms with Crippen molar-refractivity contribution in [3.63, 3.8) is 0 Å². The molecule has 0 N–H and O–H groups in total. The summed E-state index contributed by atoms with van der Waals surface area (Å²) >= 11 is 0.